The Hall–Kier alpha value is -4.23. The summed E-state index contributed by atoms with van der Waals surface area (Å²) in [5.41, 5.74) is 7.57. The summed E-state index contributed by atoms with van der Waals surface area (Å²) in [6.07, 6.45) is 1.67. The number of hydrazone groups is 1. The van der Waals surface area contributed by atoms with E-state index in [4.69, 9.17) is 9.17 Å². The molecule has 0 saturated heterocycles. The molecule has 0 radical (unpaired) electrons. The zero-order valence-corrected chi connectivity index (χ0v) is 19.2. The van der Waals surface area contributed by atoms with E-state index in [1.54, 1.807) is 42.6 Å². The lowest BCUT2D eigenvalue weighted by molar-refractivity contribution is 0.486. The predicted molar refractivity (Wildman–Crippen MR) is 136 cm³/mol. The zero-order valence-electron chi connectivity index (χ0n) is 18.3. The fourth-order valence-corrected chi connectivity index (χ4v) is 4.55. The molecule has 5 aromatic rings. The van der Waals surface area contributed by atoms with Crippen LogP contribution in [0.3, 0.4) is 0 Å². The third kappa shape index (κ3) is 4.46. The maximum atomic E-state index is 12.5. The largest absolute Gasteiger partial charge is 0.379 e. The highest BCUT2D eigenvalue weighted by molar-refractivity contribution is 7.87. The van der Waals surface area contributed by atoms with E-state index in [-0.39, 0.29) is 10.6 Å². The van der Waals surface area contributed by atoms with Gasteiger partial charge in [-0.05, 0) is 61.0 Å². The average Bonchev–Trinajstić information content (AvgIpc) is 2.85. The summed E-state index contributed by atoms with van der Waals surface area (Å²) in [7, 11) is -3.89. The van der Waals surface area contributed by atoms with Gasteiger partial charge in [-0.15, -0.1) is 0 Å². The Morgan fingerprint density at radius 3 is 2.00 bits per heavy atom. The minimum Gasteiger partial charge on any atom is -0.379 e. The fraction of sp³-hybridized carbons (Fsp3) is 0.0370. The third-order valence-corrected chi connectivity index (χ3v) is 6.63. The lowest BCUT2D eigenvalue weighted by Crippen LogP contribution is -2.09. The van der Waals surface area contributed by atoms with E-state index in [9.17, 15) is 8.42 Å². The van der Waals surface area contributed by atoms with E-state index in [1.165, 1.54) is 12.1 Å². The number of anilines is 1. The van der Waals surface area contributed by atoms with Gasteiger partial charge < -0.3 is 4.18 Å². The van der Waals surface area contributed by atoms with Crippen LogP contribution < -0.4 is 9.61 Å². The van der Waals surface area contributed by atoms with E-state index in [1.807, 2.05) is 55.5 Å². The van der Waals surface area contributed by atoms with E-state index in [0.29, 0.717) is 0 Å². The van der Waals surface area contributed by atoms with Gasteiger partial charge in [0.15, 0.2) is 0 Å². The number of nitrogens with zero attached hydrogens (tertiary/aromatic N) is 2. The van der Waals surface area contributed by atoms with Crippen LogP contribution in [0.2, 0.25) is 0 Å². The molecule has 0 saturated carbocycles. The third-order valence-electron chi connectivity index (χ3n) is 5.37. The zero-order chi connectivity index (χ0) is 23.5. The quantitative estimate of drug-likeness (QED) is 0.145. The number of pyridine rings is 1. The summed E-state index contributed by atoms with van der Waals surface area (Å²) in [6.45, 7) is 1.89. The molecule has 7 heteroatoms. The van der Waals surface area contributed by atoms with Gasteiger partial charge in [0.05, 0.1) is 22.9 Å². The highest BCUT2D eigenvalue weighted by Gasteiger charge is 2.16. The molecule has 0 spiro atoms. The van der Waals surface area contributed by atoms with Gasteiger partial charge in [0.25, 0.3) is 0 Å². The first kappa shape index (κ1) is 21.6. The summed E-state index contributed by atoms with van der Waals surface area (Å²) in [5, 5.41) is 6.36. The van der Waals surface area contributed by atoms with Gasteiger partial charge in [-0.25, -0.2) is 4.98 Å². The highest BCUT2D eigenvalue weighted by Crippen LogP contribution is 2.30. The lowest BCUT2D eigenvalue weighted by atomic mass is 10.1. The van der Waals surface area contributed by atoms with Gasteiger partial charge in [-0.2, -0.15) is 13.5 Å². The number of aryl methyl sites for hydroxylation is 1. The van der Waals surface area contributed by atoms with Crippen molar-refractivity contribution in [2.45, 2.75) is 11.8 Å². The maximum Gasteiger partial charge on any atom is 0.339 e. The van der Waals surface area contributed by atoms with E-state index >= 15 is 0 Å². The molecule has 1 heterocycles. The van der Waals surface area contributed by atoms with Crippen LogP contribution in [0.15, 0.2) is 107 Å². The van der Waals surface area contributed by atoms with Crippen LogP contribution in [-0.4, -0.2) is 19.6 Å². The van der Waals surface area contributed by atoms with Crippen molar-refractivity contribution in [1.29, 1.82) is 0 Å². The van der Waals surface area contributed by atoms with Gasteiger partial charge in [-0.3, -0.25) is 5.43 Å². The molecule has 0 aliphatic heterocycles. The van der Waals surface area contributed by atoms with Crippen molar-refractivity contribution < 1.29 is 12.6 Å². The molecule has 1 aromatic heterocycles. The molecule has 0 amide bonds. The summed E-state index contributed by atoms with van der Waals surface area (Å²) >= 11 is 0. The molecular weight excluding hydrogens is 446 g/mol. The number of fused-ring (bicyclic) bond motifs is 2. The molecule has 0 aliphatic carbocycles. The minimum absolute atomic E-state index is 0.116. The van der Waals surface area contributed by atoms with Gasteiger partial charge >= 0.3 is 10.1 Å². The number of rotatable bonds is 6. The topological polar surface area (TPSA) is 80.7 Å². The van der Waals surface area contributed by atoms with Crippen LogP contribution >= 0.6 is 0 Å². The molecule has 0 unspecified atom stereocenters. The Labute approximate surface area is 197 Å². The molecule has 4 aromatic carbocycles. The van der Waals surface area contributed by atoms with Crippen molar-refractivity contribution in [1.82, 2.24) is 4.98 Å². The molecule has 0 fully saturated rings. The molecular formula is C27H21N3O3S. The number of hydrogen-bond acceptors (Lipinski definition) is 6. The van der Waals surface area contributed by atoms with E-state index in [2.05, 4.69) is 10.5 Å². The highest BCUT2D eigenvalue weighted by atomic mass is 32.2. The maximum absolute atomic E-state index is 12.5. The first-order valence-corrected chi connectivity index (χ1v) is 12.1. The van der Waals surface area contributed by atoms with Crippen LogP contribution in [0, 0.1) is 6.92 Å². The van der Waals surface area contributed by atoms with Crippen molar-refractivity contribution in [3.63, 3.8) is 0 Å². The SMILES string of the molecule is Cc1ccc(S(=O)(=O)Oc2ccc(/C=N/Nc3c4ccccc4nc4ccccc34)cc2)cc1. The van der Waals surface area contributed by atoms with Gasteiger partial charge in [0.1, 0.15) is 10.6 Å². The first-order chi connectivity index (χ1) is 16.5. The predicted octanol–water partition coefficient (Wildman–Crippen LogP) is 5.91. The molecule has 5 rings (SSSR count). The number of para-hydroxylation sites is 2. The summed E-state index contributed by atoms with van der Waals surface area (Å²) in [5.74, 6) is 0.233. The Morgan fingerprint density at radius 2 is 1.38 bits per heavy atom. The molecule has 0 aliphatic rings. The first-order valence-electron chi connectivity index (χ1n) is 10.7. The molecule has 0 bridgehead atoms. The van der Waals surface area contributed by atoms with Crippen LogP contribution in [0.4, 0.5) is 5.69 Å². The van der Waals surface area contributed by atoms with Crippen molar-refractivity contribution >= 4 is 43.8 Å². The monoisotopic (exact) mass is 467 g/mol. The smallest absolute Gasteiger partial charge is 0.339 e. The second-order valence-electron chi connectivity index (χ2n) is 7.81. The molecule has 6 nitrogen and oxygen atoms in total. The number of benzene rings is 4. The van der Waals surface area contributed by atoms with Gasteiger partial charge in [0.2, 0.25) is 0 Å². The van der Waals surface area contributed by atoms with Crippen molar-refractivity contribution in [3.05, 3.63) is 108 Å². The van der Waals surface area contributed by atoms with E-state index < -0.39 is 10.1 Å². The van der Waals surface area contributed by atoms with Crippen molar-refractivity contribution in [3.8, 4) is 5.75 Å². The molecule has 34 heavy (non-hydrogen) atoms. The molecule has 1 N–H and O–H groups in total. The Kier molecular flexibility index (Phi) is 5.69. The van der Waals surface area contributed by atoms with Gasteiger partial charge in [0, 0.05) is 10.8 Å². The van der Waals surface area contributed by atoms with Crippen LogP contribution in [0.5, 0.6) is 5.75 Å². The number of hydrogen-bond donors (Lipinski definition) is 1. The fourth-order valence-electron chi connectivity index (χ4n) is 3.62. The lowest BCUT2D eigenvalue weighted by Gasteiger charge is -2.10. The Balaban J connectivity index is 1.35. The molecule has 168 valence electrons. The van der Waals surface area contributed by atoms with Crippen molar-refractivity contribution in [2.24, 2.45) is 5.10 Å². The van der Waals surface area contributed by atoms with Gasteiger partial charge in [-0.1, -0.05) is 54.1 Å². The Bertz CT molecular complexity index is 1560. The summed E-state index contributed by atoms with van der Waals surface area (Å²) in [4.78, 5) is 4.83. The van der Waals surface area contributed by atoms with Crippen LogP contribution in [-0.2, 0) is 10.1 Å². The normalized spacial score (nSPS) is 11.8. The minimum atomic E-state index is -3.89. The Morgan fingerprint density at radius 1 is 0.794 bits per heavy atom. The number of nitrogens with one attached hydrogen (secondary N) is 1. The van der Waals surface area contributed by atoms with Crippen LogP contribution in [0.25, 0.3) is 21.8 Å². The summed E-state index contributed by atoms with van der Waals surface area (Å²) < 4.78 is 30.2. The second kappa shape index (κ2) is 8.96. The van der Waals surface area contributed by atoms with Crippen LogP contribution in [0.1, 0.15) is 11.1 Å². The number of aromatic nitrogens is 1. The van der Waals surface area contributed by atoms with Crippen molar-refractivity contribution in [2.75, 3.05) is 5.43 Å². The second-order valence-corrected chi connectivity index (χ2v) is 9.36. The van der Waals surface area contributed by atoms with E-state index in [0.717, 1.165) is 38.6 Å². The average molecular weight is 468 g/mol. The standard InChI is InChI=1S/C27H21N3O3S/c1-19-10-16-22(17-11-19)34(31,32)33-21-14-12-20(13-15-21)18-28-30-27-23-6-2-4-8-25(23)29-26-9-5-3-7-24(26)27/h2-18H,1H3,(H,29,30)/b28-18+. The molecule has 0 atom stereocenters. The summed E-state index contributed by atoms with van der Waals surface area (Å²) in [6, 6.07) is 29.0.